The maximum absolute atomic E-state index is 6.11. The molecule has 0 radical (unpaired) electrons. The van der Waals surface area contributed by atoms with E-state index in [4.69, 9.17) is 16.2 Å². The molecule has 0 saturated carbocycles. The Hall–Kier alpha value is -3.34. The first-order valence-electron chi connectivity index (χ1n) is 8.01. The zero-order valence-corrected chi connectivity index (χ0v) is 14.1. The van der Waals surface area contributed by atoms with Gasteiger partial charge in [0.15, 0.2) is 0 Å². The first kappa shape index (κ1) is 15.2. The molecule has 2 aromatic carbocycles. The minimum Gasteiger partial charge on any atom is -0.457 e. The molecule has 4 N–H and O–H groups in total. The summed E-state index contributed by atoms with van der Waals surface area (Å²) in [5, 5.41) is 1.75. The average Bonchev–Trinajstić information content (AvgIpc) is 2.56. The van der Waals surface area contributed by atoms with Crippen molar-refractivity contribution < 1.29 is 4.74 Å². The molecular weight excluding hydrogens is 312 g/mol. The molecule has 0 bridgehead atoms. The molecule has 2 aromatic heterocycles. The highest BCUT2D eigenvalue weighted by Crippen LogP contribution is 2.31. The fraction of sp³-hybridized carbons (Fsp3) is 0.100. The van der Waals surface area contributed by atoms with Crippen LogP contribution in [-0.2, 0) is 0 Å². The quantitative estimate of drug-likeness (QED) is 0.570. The van der Waals surface area contributed by atoms with Crippen molar-refractivity contribution in [2.45, 2.75) is 13.8 Å². The third-order valence-corrected chi connectivity index (χ3v) is 4.12. The van der Waals surface area contributed by atoms with Gasteiger partial charge in [0.2, 0.25) is 0 Å². The molecule has 25 heavy (non-hydrogen) atoms. The van der Waals surface area contributed by atoms with Crippen LogP contribution in [0.3, 0.4) is 0 Å². The van der Waals surface area contributed by atoms with Gasteiger partial charge in [-0.15, -0.1) is 0 Å². The Labute approximate surface area is 145 Å². The number of fused-ring (bicyclic) bond motifs is 2. The van der Waals surface area contributed by atoms with E-state index in [2.05, 4.69) is 9.97 Å². The van der Waals surface area contributed by atoms with Gasteiger partial charge in [-0.1, -0.05) is 0 Å². The van der Waals surface area contributed by atoms with Crippen LogP contribution in [0, 0.1) is 13.8 Å². The molecular formula is C20H18N4O. The number of hydrogen-bond donors (Lipinski definition) is 2. The first-order valence-corrected chi connectivity index (χ1v) is 8.01. The van der Waals surface area contributed by atoms with Gasteiger partial charge in [0, 0.05) is 33.5 Å². The molecule has 0 aliphatic rings. The number of nitrogen functional groups attached to an aromatic ring is 2. The maximum Gasteiger partial charge on any atom is 0.128 e. The molecule has 0 unspecified atom stereocenters. The van der Waals surface area contributed by atoms with Gasteiger partial charge in [-0.25, -0.2) is 0 Å². The molecule has 0 aliphatic heterocycles. The van der Waals surface area contributed by atoms with Crippen LogP contribution < -0.4 is 16.2 Å². The van der Waals surface area contributed by atoms with Crippen LogP contribution in [0.2, 0.25) is 0 Å². The smallest absolute Gasteiger partial charge is 0.128 e. The van der Waals surface area contributed by atoms with E-state index in [9.17, 15) is 0 Å². The summed E-state index contributed by atoms with van der Waals surface area (Å²) < 4.78 is 6.00. The second-order valence-corrected chi connectivity index (χ2v) is 6.17. The molecule has 0 saturated heterocycles. The molecule has 4 aromatic rings. The van der Waals surface area contributed by atoms with Gasteiger partial charge in [0.1, 0.15) is 11.5 Å². The lowest BCUT2D eigenvalue weighted by atomic mass is 10.1. The Kier molecular flexibility index (Phi) is 3.42. The van der Waals surface area contributed by atoms with E-state index in [0.717, 1.165) is 33.2 Å². The predicted octanol–water partition coefficient (Wildman–Crippen LogP) is 4.36. The van der Waals surface area contributed by atoms with Crippen molar-refractivity contribution in [3.8, 4) is 11.5 Å². The third-order valence-electron chi connectivity index (χ3n) is 4.12. The number of rotatable bonds is 2. The first-order chi connectivity index (χ1) is 12.0. The number of nitrogens with zero attached hydrogens (tertiary/aromatic N) is 2. The van der Waals surface area contributed by atoms with E-state index in [-0.39, 0.29) is 0 Å². The molecule has 4 rings (SSSR count). The maximum atomic E-state index is 6.11. The lowest BCUT2D eigenvalue weighted by molar-refractivity contribution is 0.484. The summed E-state index contributed by atoms with van der Waals surface area (Å²) in [7, 11) is 0. The number of pyridine rings is 2. The van der Waals surface area contributed by atoms with Gasteiger partial charge < -0.3 is 16.2 Å². The van der Waals surface area contributed by atoms with Crippen LogP contribution in [0.25, 0.3) is 21.8 Å². The fourth-order valence-electron chi connectivity index (χ4n) is 3.00. The monoisotopic (exact) mass is 330 g/mol. The lowest BCUT2D eigenvalue weighted by Gasteiger charge is -2.10. The van der Waals surface area contributed by atoms with Crippen LogP contribution >= 0.6 is 0 Å². The topological polar surface area (TPSA) is 87.0 Å². The third kappa shape index (κ3) is 2.80. The zero-order chi connectivity index (χ0) is 17.6. The van der Waals surface area contributed by atoms with Crippen LogP contribution in [0.15, 0.2) is 48.5 Å². The SMILES string of the molecule is Cc1cc(N)c2cc(Oc3ccc4nc(C)cc(N)c4c3)ccc2n1. The average molecular weight is 330 g/mol. The van der Waals surface area contributed by atoms with Crippen molar-refractivity contribution in [3.63, 3.8) is 0 Å². The molecule has 0 atom stereocenters. The Morgan fingerprint density at radius 1 is 0.680 bits per heavy atom. The van der Waals surface area contributed by atoms with Crippen LogP contribution in [-0.4, -0.2) is 9.97 Å². The molecule has 2 heterocycles. The summed E-state index contributed by atoms with van der Waals surface area (Å²) in [6, 6.07) is 15.1. The highest BCUT2D eigenvalue weighted by Gasteiger charge is 2.07. The van der Waals surface area contributed by atoms with Gasteiger partial charge in [0.05, 0.1) is 11.0 Å². The molecule has 0 amide bonds. The summed E-state index contributed by atoms with van der Waals surface area (Å²) in [5.41, 5.74) is 17.1. The van der Waals surface area contributed by atoms with Gasteiger partial charge in [0.25, 0.3) is 0 Å². The number of nitrogens with two attached hydrogens (primary N) is 2. The van der Waals surface area contributed by atoms with Gasteiger partial charge in [-0.2, -0.15) is 0 Å². The highest BCUT2D eigenvalue weighted by molar-refractivity contribution is 5.92. The highest BCUT2D eigenvalue weighted by atomic mass is 16.5. The standard InChI is InChI=1S/C20H18N4O/c1-11-7-17(21)15-9-13(3-5-19(15)23-11)25-14-4-6-20-16(10-14)18(22)8-12(2)24-20/h3-10H,1-2H3,(H2,21,23)(H2,22,24). The van der Waals surface area contributed by atoms with E-state index >= 15 is 0 Å². The molecule has 0 fully saturated rings. The number of benzene rings is 2. The molecule has 0 spiro atoms. The summed E-state index contributed by atoms with van der Waals surface area (Å²) in [5.74, 6) is 1.39. The van der Waals surface area contributed by atoms with Gasteiger partial charge in [-0.3, -0.25) is 9.97 Å². The van der Waals surface area contributed by atoms with Crippen LogP contribution in [0.4, 0.5) is 11.4 Å². The van der Waals surface area contributed by atoms with Crippen molar-refractivity contribution in [2.24, 2.45) is 0 Å². The minimum atomic E-state index is 0.690. The molecule has 124 valence electrons. The fourth-order valence-corrected chi connectivity index (χ4v) is 3.00. The summed E-state index contributed by atoms with van der Waals surface area (Å²) in [6.07, 6.45) is 0. The van der Waals surface area contributed by atoms with E-state index in [1.54, 1.807) is 0 Å². The van der Waals surface area contributed by atoms with Crippen molar-refractivity contribution in [1.29, 1.82) is 0 Å². The summed E-state index contributed by atoms with van der Waals surface area (Å²) in [4.78, 5) is 8.97. The Morgan fingerprint density at radius 2 is 1.12 bits per heavy atom. The number of aryl methyl sites for hydroxylation is 2. The van der Waals surface area contributed by atoms with E-state index < -0.39 is 0 Å². The summed E-state index contributed by atoms with van der Waals surface area (Å²) in [6.45, 7) is 3.85. The number of aromatic nitrogens is 2. The summed E-state index contributed by atoms with van der Waals surface area (Å²) >= 11 is 0. The van der Waals surface area contributed by atoms with E-state index in [0.29, 0.717) is 22.9 Å². The molecule has 0 aliphatic carbocycles. The van der Waals surface area contributed by atoms with Crippen LogP contribution in [0.5, 0.6) is 11.5 Å². The van der Waals surface area contributed by atoms with Gasteiger partial charge >= 0.3 is 0 Å². The van der Waals surface area contributed by atoms with Crippen molar-refractivity contribution in [3.05, 3.63) is 59.9 Å². The normalized spacial score (nSPS) is 11.1. The number of ether oxygens (including phenoxy) is 1. The Balaban J connectivity index is 1.74. The zero-order valence-electron chi connectivity index (χ0n) is 14.1. The Morgan fingerprint density at radius 3 is 1.56 bits per heavy atom. The molecule has 5 nitrogen and oxygen atoms in total. The van der Waals surface area contributed by atoms with E-state index in [1.807, 2.05) is 62.4 Å². The predicted molar refractivity (Wildman–Crippen MR) is 102 cm³/mol. The minimum absolute atomic E-state index is 0.690. The van der Waals surface area contributed by atoms with E-state index in [1.165, 1.54) is 0 Å². The second-order valence-electron chi connectivity index (χ2n) is 6.17. The number of hydrogen-bond acceptors (Lipinski definition) is 5. The lowest BCUT2D eigenvalue weighted by Crippen LogP contribution is -1.94. The van der Waals surface area contributed by atoms with Crippen molar-refractivity contribution in [1.82, 2.24) is 9.97 Å². The van der Waals surface area contributed by atoms with Crippen molar-refractivity contribution in [2.75, 3.05) is 11.5 Å². The molecule has 5 heteroatoms. The second kappa shape index (κ2) is 5.63. The van der Waals surface area contributed by atoms with Crippen LogP contribution in [0.1, 0.15) is 11.4 Å². The Bertz CT molecular complexity index is 1030. The number of anilines is 2. The largest absolute Gasteiger partial charge is 0.457 e. The van der Waals surface area contributed by atoms with Gasteiger partial charge in [-0.05, 0) is 62.4 Å². The van der Waals surface area contributed by atoms with Crippen molar-refractivity contribution >= 4 is 33.2 Å².